The van der Waals surface area contributed by atoms with E-state index < -0.39 is 0 Å². The quantitative estimate of drug-likeness (QED) is 0.607. The predicted octanol–water partition coefficient (Wildman–Crippen LogP) is 2.85. The van der Waals surface area contributed by atoms with Gasteiger partial charge < -0.3 is 4.74 Å². The fourth-order valence-electron chi connectivity index (χ4n) is 0.505. The molecule has 0 aliphatic rings. The summed E-state index contributed by atoms with van der Waals surface area (Å²) >= 11 is 1.57. The van der Waals surface area contributed by atoms with Gasteiger partial charge in [-0.15, -0.1) is 11.3 Å². The van der Waals surface area contributed by atoms with Crippen LogP contribution in [0.15, 0.2) is 23.6 Å². The smallest absolute Gasteiger partial charge is 0.181 e. The first-order chi connectivity index (χ1) is 4.93. The zero-order chi connectivity index (χ0) is 7.23. The van der Waals surface area contributed by atoms with Crippen molar-refractivity contribution < 1.29 is 4.74 Å². The molecule has 0 amide bonds. The van der Waals surface area contributed by atoms with Gasteiger partial charge in [0.15, 0.2) is 11.3 Å². The fourth-order valence-corrected chi connectivity index (χ4v) is 1.05. The highest BCUT2D eigenvalue weighted by atomic mass is 32.1. The molecule has 1 radical (unpaired) electrons. The summed E-state index contributed by atoms with van der Waals surface area (Å²) in [6.45, 7) is 2.05. The van der Waals surface area contributed by atoms with E-state index in [9.17, 15) is 0 Å². The maximum atomic E-state index is 5.10. The summed E-state index contributed by atoms with van der Waals surface area (Å²) in [4.78, 5) is 0. The van der Waals surface area contributed by atoms with E-state index in [-0.39, 0.29) is 0 Å². The molecule has 53 valence electrons. The van der Waals surface area contributed by atoms with Crippen LogP contribution in [0.4, 0.5) is 0 Å². The van der Waals surface area contributed by atoms with Crippen molar-refractivity contribution in [1.29, 1.82) is 0 Å². The average molecular weight is 153 g/mol. The highest BCUT2D eigenvalue weighted by Crippen LogP contribution is 2.17. The third-order valence-corrected chi connectivity index (χ3v) is 1.69. The largest absolute Gasteiger partial charge is 0.443 e. The van der Waals surface area contributed by atoms with Crippen LogP contribution in [0.1, 0.15) is 13.3 Å². The number of thiophene rings is 1. The number of hydrogen-bond donors (Lipinski definition) is 0. The number of rotatable bonds is 3. The second kappa shape index (κ2) is 4.12. The Labute approximate surface area is 65.0 Å². The van der Waals surface area contributed by atoms with Gasteiger partial charge in [0.25, 0.3) is 0 Å². The van der Waals surface area contributed by atoms with E-state index in [0.717, 1.165) is 11.5 Å². The molecule has 0 unspecified atom stereocenters. The Morgan fingerprint density at radius 3 is 3.30 bits per heavy atom. The Morgan fingerprint density at radius 1 is 1.80 bits per heavy atom. The van der Waals surface area contributed by atoms with Gasteiger partial charge in [0.05, 0.1) is 0 Å². The van der Waals surface area contributed by atoms with Crippen molar-refractivity contribution in [2.45, 2.75) is 13.3 Å². The Kier molecular flexibility index (Phi) is 3.03. The first kappa shape index (κ1) is 7.35. The Balaban J connectivity index is 2.34. The van der Waals surface area contributed by atoms with Crippen LogP contribution in [0.5, 0.6) is 5.06 Å². The first-order valence-corrected chi connectivity index (χ1v) is 4.09. The van der Waals surface area contributed by atoms with Crippen LogP contribution in [0.3, 0.4) is 0 Å². The van der Waals surface area contributed by atoms with E-state index in [1.54, 1.807) is 11.3 Å². The van der Waals surface area contributed by atoms with Gasteiger partial charge in [0.2, 0.25) is 0 Å². The zero-order valence-corrected chi connectivity index (χ0v) is 6.65. The molecule has 0 N–H and O–H groups in total. The van der Waals surface area contributed by atoms with Gasteiger partial charge in [-0.3, -0.25) is 0 Å². The maximum Gasteiger partial charge on any atom is 0.181 e. The highest BCUT2D eigenvalue weighted by Gasteiger charge is 1.87. The highest BCUT2D eigenvalue weighted by molar-refractivity contribution is 7.11. The Bertz CT molecular complexity index is 189. The van der Waals surface area contributed by atoms with Crippen molar-refractivity contribution in [1.82, 2.24) is 0 Å². The zero-order valence-electron chi connectivity index (χ0n) is 5.83. The normalized spacial score (nSPS) is 10.5. The van der Waals surface area contributed by atoms with Crippen LogP contribution in [0, 0.1) is 6.26 Å². The van der Waals surface area contributed by atoms with Crippen LogP contribution < -0.4 is 4.74 Å². The molecule has 2 heteroatoms. The molecule has 0 saturated heterocycles. The van der Waals surface area contributed by atoms with Crippen molar-refractivity contribution in [3.05, 3.63) is 29.9 Å². The molecule has 0 atom stereocenters. The van der Waals surface area contributed by atoms with Gasteiger partial charge in [-0.1, -0.05) is 6.92 Å². The van der Waals surface area contributed by atoms with Crippen molar-refractivity contribution in [3.8, 4) is 5.06 Å². The Hall–Kier alpha value is -0.760. The molecule has 1 heterocycles. The summed E-state index contributed by atoms with van der Waals surface area (Å²) in [6, 6.07) is 3.87. The molecule has 0 bridgehead atoms. The third-order valence-electron chi connectivity index (χ3n) is 0.942. The molecule has 1 rings (SSSR count). The minimum atomic E-state index is 0.893. The monoisotopic (exact) mass is 153 g/mol. The van der Waals surface area contributed by atoms with Crippen molar-refractivity contribution in [2.24, 2.45) is 0 Å². The molecule has 0 fully saturated rings. The number of hydrogen-bond acceptors (Lipinski definition) is 2. The summed E-state index contributed by atoms with van der Waals surface area (Å²) in [6.07, 6.45) is 5.55. The molecule has 0 aliphatic carbocycles. The van der Waals surface area contributed by atoms with Gasteiger partial charge >= 0.3 is 0 Å². The van der Waals surface area contributed by atoms with E-state index in [1.807, 2.05) is 30.5 Å². The van der Waals surface area contributed by atoms with Gasteiger partial charge in [-0.25, -0.2) is 0 Å². The lowest BCUT2D eigenvalue weighted by Crippen LogP contribution is -1.76. The molecule has 0 aromatic carbocycles. The van der Waals surface area contributed by atoms with E-state index >= 15 is 0 Å². The molecule has 0 saturated carbocycles. The topological polar surface area (TPSA) is 9.23 Å². The van der Waals surface area contributed by atoms with Crippen LogP contribution in [0.25, 0.3) is 0 Å². The summed E-state index contributed by atoms with van der Waals surface area (Å²) < 4.78 is 5.10. The summed E-state index contributed by atoms with van der Waals surface area (Å²) in [5.74, 6) is 0. The van der Waals surface area contributed by atoms with Gasteiger partial charge in [0, 0.05) is 0 Å². The molecule has 0 spiro atoms. The fraction of sp³-hybridized carbons (Fsp3) is 0.250. The van der Waals surface area contributed by atoms with E-state index in [1.165, 1.54) is 0 Å². The summed E-state index contributed by atoms with van der Waals surface area (Å²) in [5.41, 5.74) is 0. The standard InChI is InChI=1S/C8H9OS/c1-2-3-6-9-8-5-4-7-10-8/h3-5,7H,2H2,1H3. The lowest BCUT2D eigenvalue weighted by Gasteiger charge is -1.89. The first-order valence-electron chi connectivity index (χ1n) is 3.21. The molecular formula is C8H9OS. The molecular weight excluding hydrogens is 144 g/mol. The molecule has 0 aliphatic heterocycles. The van der Waals surface area contributed by atoms with E-state index in [2.05, 4.69) is 6.26 Å². The average Bonchev–Trinajstić information content (AvgIpc) is 2.41. The van der Waals surface area contributed by atoms with Crippen LogP contribution >= 0.6 is 11.3 Å². The van der Waals surface area contributed by atoms with Crippen molar-refractivity contribution in [2.75, 3.05) is 0 Å². The summed E-state index contributed by atoms with van der Waals surface area (Å²) in [7, 11) is 0. The van der Waals surface area contributed by atoms with Crippen molar-refractivity contribution in [3.63, 3.8) is 0 Å². The van der Waals surface area contributed by atoms with E-state index in [0.29, 0.717) is 0 Å². The Morgan fingerprint density at radius 2 is 2.70 bits per heavy atom. The van der Waals surface area contributed by atoms with Crippen molar-refractivity contribution >= 4 is 11.3 Å². The maximum absolute atomic E-state index is 5.10. The van der Waals surface area contributed by atoms with Crippen LogP contribution in [0.2, 0.25) is 0 Å². The molecule has 1 nitrogen and oxygen atoms in total. The minimum Gasteiger partial charge on any atom is -0.443 e. The van der Waals surface area contributed by atoms with Gasteiger partial charge in [-0.2, -0.15) is 0 Å². The molecule has 1 aromatic heterocycles. The SMILES string of the molecule is CC/C=[C]\Oc1cccs1. The van der Waals surface area contributed by atoms with Gasteiger partial charge in [-0.05, 0) is 30.0 Å². The van der Waals surface area contributed by atoms with Crippen LogP contribution in [-0.4, -0.2) is 0 Å². The minimum absolute atomic E-state index is 0.893. The van der Waals surface area contributed by atoms with Gasteiger partial charge in [0.1, 0.15) is 0 Å². The van der Waals surface area contributed by atoms with E-state index in [4.69, 9.17) is 4.74 Å². The molecule has 10 heavy (non-hydrogen) atoms. The lowest BCUT2D eigenvalue weighted by molar-refractivity contribution is 0.464. The number of allylic oxidation sites excluding steroid dienone is 1. The molecule has 1 aromatic rings. The third kappa shape index (κ3) is 2.23. The van der Waals surface area contributed by atoms with Crippen LogP contribution in [-0.2, 0) is 0 Å². The second-order valence-corrected chi connectivity index (χ2v) is 2.67. The summed E-state index contributed by atoms with van der Waals surface area (Å²) in [5, 5.41) is 2.87. The second-order valence-electron chi connectivity index (χ2n) is 1.76. The predicted molar refractivity (Wildman–Crippen MR) is 43.1 cm³/mol. The number of ether oxygens (including phenoxy) is 1. The lowest BCUT2D eigenvalue weighted by atomic mass is 10.5.